The predicted octanol–water partition coefficient (Wildman–Crippen LogP) is 6.00. The summed E-state index contributed by atoms with van der Waals surface area (Å²) < 4.78 is 1.12. The van der Waals surface area contributed by atoms with Gasteiger partial charge in [-0.3, -0.25) is 4.79 Å². The van der Waals surface area contributed by atoms with Crippen LogP contribution in [0.1, 0.15) is 54.4 Å². The maximum absolute atomic E-state index is 12.0. The molecule has 110 valence electrons. The van der Waals surface area contributed by atoms with Gasteiger partial charge in [-0.1, -0.05) is 71.7 Å². The lowest BCUT2D eigenvalue weighted by Gasteiger charge is -2.11. The largest absolute Gasteiger partial charge is 0.294 e. The quantitative estimate of drug-likeness (QED) is 0.444. The highest BCUT2D eigenvalue weighted by molar-refractivity contribution is 9.10. The maximum atomic E-state index is 12.0. The number of hydrogen-bond acceptors (Lipinski definition) is 1. The Bertz CT molecular complexity index is 560. The number of halogens is 1. The first-order valence-electron chi connectivity index (χ1n) is 7.50. The Hall–Kier alpha value is -1.41. The van der Waals surface area contributed by atoms with Crippen molar-refractivity contribution in [3.8, 4) is 0 Å². The molecule has 0 N–H and O–H groups in total. The summed E-state index contributed by atoms with van der Waals surface area (Å²) in [6, 6.07) is 18.1. The zero-order valence-electron chi connectivity index (χ0n) is 12.4. The molecule has 0 saturated carbocycles. The van der Waals surface area contributed by atoms with Crippen LogP contribution in [0.3, 0.4) is 0 Å². The van der Waals surface area contributed by atoms with Gasteiger partial charge in [0.1, 0.15) is 0 Å². The first-order valence-corrected chi connectivity index (χ1v) is 8.30. The minimum atomic E-state index is 0.256. The van der Waals surface area contributed by atoms with Gasteiger partial charge in [0.25, 0.3) is 0 Å². The van der Waals surface area contributed by atoms with Crippen LogP contribution >= 0.6 is 15.9 Å². The van der Waals surface area contributed by atoms with Crippen LogP contribution in [0.15, 0.2) is 59.1 Å². The molecular weight excluding hydrogens is 324 g/mol. The molecule has 0 aromatic heterocycles. The summed E-state index contributed by atoms with van der Waals surface area (Å²) in [5, 5.41) is 0. The fourth-order valence-corrected chi connectivity index (χ4v) is 2.73. The maximum Gasteiger partial charge on any atom is 0.162 e. The van der Waals surface area contributed by atoms with E-state index >= 15 is 0 Å². The summed E-state index contributed by atoms with van der Waals surface area (Å²) in [5.74, 6) is 0.803. The molecule has 2 rings (SSSR count). The molecule has 0 heterocycles. The third-order valence-electron chi connectivity index (χ3n) is 3.83. The normalized spacial score (nSPS) is 12.1. The van der Waals surface area contributed by atoms with Gasteiger partial charge in [0.15, 0.2) is 5.78 Å². The molecule has 0 aliphatic heterocycles. The molecule has 21 heavy (non-hydrogen) atoms. The van der Waals surface area contributed by atoms with Crippen LogP contribution in [0.4, 0.5) is 0 Å². The zero-order chi connectivity index (χ0) is 15.1. The average molecular weight is 345 g/mol. The van der Waals surface area contributed by atoms with Crippen LogP contribution in [0.2, 0.25) is 0 Å². The van der Waals surface area contributed by atoms with Crippen LogP contribution in [-0.2, 0) is 0 Å². The third kappa shape index (κ3) is 5.13. The van der Waals surface area contributed by atoms with Crippen LogP contribution < -0.4 is 0 Å². The molecule has 0 amide bonds. The third-order valence-corrected chi connectivity index (χ3v) is 4.35. The lowest BCUT2D eigenvalue weighted by Crippen LogP contribution is -1.99. The van der Waals surface area contributed by atoms with Gasteiger partial charge >= 0.3 is 0 Å². The van der Waals surface area contributed by atoms with Crippen molar-refractivity contribution in [3.05, 3.63) is 70.2 Å². The smallest absolute Gasteiger partial charge is 0.162 e. The number of ketones is 1. The van der Waals surface area contributed by atoms with Crippen molar-refractivity contribution in [1.82, 2.24) is 0 Å². The summed E-state index contributed by atoms with van der Waals surface area (Å²) >= 11 is 3.46. The van der Waals surface area contributed by atoms with Crippen molar-refractivity contribution in [1.29, 1.82) is 0 Å². The van der Waals surface area contributed by atoms with Gasteiger partial charge in [0.05, 0.1) is 0 Å². The fraction of sp³-hybridized carbons (Fsp3) is 0.316. The molecule has 0 aliphatic rings. The van der Waals surface area contributed by atoms with Crippen molar-refractivity contribution in [3.63, 3.8) is 0 Å². The number of carbonyl (C=O) groups is 1. The SMILES string of the molecule is C[C@H](CCCCC(=O)c1ccccc1)c1ccc(Br)cc1. The molecule has 0 bridgehead atoms. The fourth-order valence-electron chi connectivity index (χ4n) is 2.46. The van der Waals surface area contributed by atoms with Gasteiger partial charge < -0.3 is 0 Å². The lowest BCUT2D eigenvalue weighted by atomic mass is 9.94. The van der Waals surface area contributed by atoms with E-state index in [1.165, 1.54) is 5.56 Å². The molecule has 0 unspecified atom stereocenters. The summed E-state index contributed by atoms with van der Waals surface area (Å²) in [6.45, 7) is 2.25. The highest BCUT2D eigenvalue weighted by atomic mass is 79.9. The number of hydrogen-bond donors (Lipinski definition) is 0. The molecule has 2 aromatic carbocycles. The predicted molar refractivity (Wildman–Crippen MR) is 91.8 cm³/mol. The summed E-state index contributed by atoms with van der Waals surface area (Å²) in [5.41, 5.74) is 2.20. The number of unbranched alkanes of at least 4 members (excludes halogenated alkanes) is 1. The Balaban J connectivity index is 1.72. The zero-order valence-corrected chi connectivity index (χ0v) is 14.0. The Kier molecular flexibility index (Phi) is 6.19. The number of benzene rings is 2. The van der Waals surface area contributed by atoms with E-state index < -0.39 is 0 Å². The number of rotatable bonds is 7. The molecular formula is C19H21BrO. The topological polar surface area (TPSA) is 17.1 Å². The molecule has 2 heteroatoms. The molecule has 0 saturated heterocycles. The van der Waals surface area contributed by atoms with E-state index in [9.17, 15) is 4.79 Å². The second kappa shape index (κ2) is 8.14. The van der Waals surface area contributed by atoms with Crippen molar-refractivity contribution >= 4 is 21.7 Å². The van der Waals surface area contributed by atoms with E-state index in [1.54, 1.807) is 0 Å². The van der Waals surface area contributed by atoms with Crippen molar-refractivity contribution in [2.24, 2.45) is 0 Å². The summed E-state index contributed by atoms with van der Waals surface area (Å²) in [7, 11) is 0. The van der Waals surface area contributed by atoms with E-state index in [2.05, 4.69) is 47.1 Å². The van der Waals surface area contributed by atoms with Gasteiger partial charge in [0.2, 0.25) is 0 Å². The Morgan fingerprint density at radius 2 is 1.67 bits per heavy atom. The van der Waals surface area contributed by atoms with Gasteiger partial charge in [-0.2, -0.15) is 0 Å². The van der Waals surface area contributed by atoms with E-state index in [0.717, 1.165) is 29.3 Å². The van der Waals surface area contributed by atoms with Crippen LogP contribution in [0, 0.1) is 0 Å². The molecule has 0 spiro atoms. The van der Waals surface area contributed by atoms with Crippen LogP contribution in [0.5, 0.6) is 0 Å². The Morgan fingerprint density at radius 1 is 1.00 bits per heavy atom. The van der Waals surface area contributed by atoms with E-state index in [-0.39, 0.29) is 5.78 Å². The van der Waals surface area contributed by atoms with Crippen LogP contribution in [-0.4, -0.2) is 5.78 Å². The molecule has 0 fully saturated rings. The number of Topliss-reactive ketones (excluding diaryl/α,β-unsaturated/α-hetero) is 1. The summed E-state index contributed by atoms with van der Waals surface area (Å²) in [6.07, 6.45) is 3.84. The number of carbonyl (C=O) groups excluding carboxylic acids is 1. The van der Waals surface area contributed by atoms with Crippen LogP contribution in [0.25, 0.3) is 0 Å². The average Bonchev–Trinajstić information content (AvgIpc) is 2.52. The van der Waals surface area contributed by atoms with Gasteiger partial charge in [-0.05, 0) is 36.5 Å². The monoisotopic (exact) mass is 344 g/mol. The molecule has 2 aromatic rings. The lowest BCUT2D eigenvalue weighted by molar-refractivity contribution is 0.0979. The second-order valence-electron chi connectivity index (χ2n) is 5.49. The first kappa shape index (κ1) is 16.0. The van der Waals surface area contributed by atoms with E-state index in [0.29, 0.717) is 12.3 Å². The Morgan fingerprint density at radius 3 is 2.33 bits per heavy atom. The van der Waals surface area contributed by atoms with Crippen molar-refractivity contribution in [2.75, 3.05) is 0 Å². The second-order valence-corrected chi connectivity index (χ2v) is 6.40. The highest BCUT2D eigenvalue weighted by Gasteiger charge is 2.07. The minimum absolute atomic E-state index is 0.256. The molecule has 0 aliphatic carbocycles. The summed E-state index contributed by atoms with van der Waals surface area (Å²) in [4.78, 5) is 12.0. The van der Waals surface area contributed by atoms with Gasteiger partial charge in [0, 0.05) is 16.5 Å². The van der Waals surface area contributed by atoms with E-state index in [4.69, 9.17) is 0 Å². The van der Waals surface area contributed by atoms with Crippen molar-refractivity contribution < 1.29 is 4.79 Å². The molecule has 0 radical (unpaired) electrons. The Labute approximate surface area is 135 Å². The van der Waals surface area contributed by atoms with Gasteiger partial charge in [-0.25, -0.2) is 0 Å². The van der Waals surface area contributed by atoms with Crippen molar-refractivity contribution in [2.45, 2.75) is 38.5 Å². The standard InChI is InChI=1S/C19H21BrO/c1-15(16-11-13-18(20)14-12-16)7-5-6-10-19(21)17-8-3-2-4-9-17/h2-4,8-9,11-15H,5-7,10H2,1H3/t15-/m1/s1. The molecule has 1 nitrogen and oxygen atoms in total. The minimum Gasteiger partial charge on any atom is -0.294 e. The van der Waals surface area contributed by atoms with E-state index in [1.807, 2.05) is 30.3 Å². The highest BCUT2D eigenvalue weighted by Crippen LogP contribution is 2.23. The molecule has 1 atom stereocenters. The first-order chi connectivity index (χ1) is 10.2. The van der Waals surface area contributed by atoms with Gasteiger partial charge in [-0.15, -0.1) is 0 Å².